The van der Waals surface area contributed by atoms with Crippen molar-refractivity contribution >= 4 is 0 Å². The molecule has 1 N–H and O–H groups in total. The lowest BCUT2D eigenvalue weighted by atomic mass is 10.1. The average Bonchev–Trinajstić information content (AvgIpc) is 2.44. The second-order valence-electron chi connectivity index (χ2n) is 6.15. The molecule has 0 aromatic heterocycles. The van der Waals surface area contributed by atoms with Gasteiger partial charge in [-0.1, -0.05) is 6.07 Å². The number of hydrogen-bond acceptors (Lipinski definition) is 4. The van der Waals surface area contributed by atoms with Gasteiger partial charge in [-0.05, 0) is 44.9 Å². The predicted octanol–water partition coefficient (Wildman–Crippen LogP) is 3.14. The summed E-state index contributed by atoms with van der Waals surface area (Å²) in [5.41, 5.74) is 2.43. The zero-order chi connectivity index (χ0) is 15.7. The lowest BCUT2D eigenvalue weighted by molar-refractivity contribution is 0.0916. The Labute approximate surface area is 128 Å². The largest absolute Gasteiger partial charge is 0.496 e. The van der Waals surface area contributed by atoms with E-state index in [0.29, 0.717) is 13.2 Å². The van der Waals surface area contributed by atoms with Gasteiger partial charge in [0.05, 0.1) is 13.7 Å². The minimum Gasteiger partial charge on any atom is -0.496 e. The van der Waals surface area contributed by atoms with Gasteiger partial charge in [0.25, 0.3) is 0 Å². The maximum atomic E-state index is 5.68. The van der Waals surface area contributed by atoms with E-state index in [-0.39, 0.29) is 5.54 Å². The van der Waals surface area contributed by atoms with Crippen LogP contribution in [-0.2, 0) is 22.6 Å². The van der Waals surface area contributed by atoms with Gasteiger partial charge in [0.2, 0.25) is 0 Å². The highest BCUT2D eigenvalue weighted by atomic mass is 16.5. The number of methoxy groups -OCH3 is 2. The molecule has 0 saturated carbocycles. The normalized spacial score (nSPS) is 11.7. The van der Waals surface area contributed by atoms with Crippen molar-refractivity contribution in [3.05, 3.63) is 29.3 Å². The monoisotopic (exact) mass is 295 g/mol. The van der Waals surface area contributed by atoms with E-state index in [1.165, 1.54) is 5.56 Å². The number of rotatable bonds is 9. The minimum atomic E-state index is 0.108. The molecule has 0 aliphatic rings. The Morgan fingerprint density at radius 3 is 2.48 bits per heavy atom. The highest BCUT2D eigenvalue weighted by molar-refractivity contribution is 5.37. The quantitative estimate of drug-likeness (QED) is 0.711. The molecule has 0 atom stereocenters. The van der Waals surface area contributed by atoms with Crippen LogP contribution in [0.15, 0.2) is 18.2 Å². The van der Waals surface area contributed by atoms with Crippen LogP contribution >= 0.6 is 0 Å². The first-order chi connectivity index (χ1) is 9.96. The van der Waals surface area contributed by atoms with E-state index in [9.17, 15) is 0 Å². The Morgan fingerprint density at radius 2 is 1.86 bits per heavy atom. The number of ether oxygens (including phenoxy) is 3. The molecule has 0 fully saturated rings. The van der Waals surface area contributed by atoms with E-state index >= 15 is 0 Å². The van der Waals surface area contributed by atoms with Crippen LogP contribution in [0.25, 0.3) is 0 Å². The fraction of sp³-hybridized carbons (Fsp3) is 0.647. The fourth-order valence-electron chi connectivity index (χ4n) is 1.91. The molecule has 1 rings (SSSR count). The van der Waals surface area contributed by atoms with E-state index in [1.807, 2.05) is 6.07 Å². The second-order valence-corrected chi connectivity index (χ2v) is 6.15. The smallest absolute Gasteiger partial charge is 0.124 e. The molecule has 21 heavy (non-hydrogen) atoms. The van der Waals surface area contributed by atoms with Crippen molar-refractivity contribution in [1.82, 2.24) is 5.32 Å². The van der Waals surface area contributed by atoms with Gasteiger partial charge >= 0.3 is 0 Å². The van der Waals surface area contributed by atoms with Crippen molar-refractivity contribution in [3.63, 3.8) is 0 Å². The SMILES string of the molecule is COCCCOCc1cc(CNC(C)(C)C)ccc1OC. The summed E-state index contributed by atoms with van der Waals surface area (Å²) < 4.78 is 16.1. The molecule has 4 nitrogen and oxygen atoms in total. The second kappa shape index (κ2) is 9.03. The minimum absolute atomic E-state index is 0.108. The first-order valence-electron chi connectivity index (χ1n) is 7.44. The Bertz CT molecular complexity index is 413. The molecule has 0 saturated heterocycles. The highest BCUT2D eigenvalue weighted by Gasteiger charge is 2.10. The van der Waals surface area contributed by atoms with Crippen LogP contribution in [-0.4, -0.2) is 33.0 Å². The topological polar surface area (TPSA) is 39.7 Å². The van der Waals surface area contributed by atoms with Crippen LogP contribution < -0.4 is 10.1 Å². The van der Waals surface area contributed by atoms with Gasteiger partial charge in [-0.25, -0.2) is 0 Å². The molecular weight excluding hydrogens is 266 g/mol. The van der Waals surface area contributed by atoms with E-state index in [1.54, 1.807) is 14.2 Å². The van der Waals surface area contributed by atoms with Crippen molar-refractivity contribution in [2.75, 3.05) is 27.4 Å². The number of nitrogens with one attached hydrogen (secondary N) is 1. The first-order valence-corrected chi connectivity index (χ1v) is 7.44. The average molecular weight is 295 g/mol. The molecule has 0 amide bonds. The zero-order valence-electron chi connectivity index (χ0n) is 14.0. The summed E-state index contributed by atoms with van der Waals surface area (Å²) in [6, 6.07) is 6.24. The molecule has 0 aliphatic heterocycles. The summed E-state index contributed by atoms with van der Waals surface area (Å²) in [7, 11) is 3.39. The van der Waals surface area contributed by atoms with E-state index < -0.39 is 0 Å². The molecule has 0 bridgehead atoms. The molecule has 1 aromatic rings. The van der Waals surface area contributed by atoms with E-state index in [4.69, 9.17) is 14.2 Å². The summed E-state index contributed by atoms with van der Waals surface area (Å²) in [5.74, 6) is 0.876. The molecule has 0 heterocycles. The molecule has 0 spiro atoms. The summed E-state index contributed by atoms with van der Waals surface area (Å²) in [6.07, 6.45) is 0.907. The molecule has 4 heteroatoms. The van der Waals surface area contributed by atoms with Crippen LogP contribution in [0.2, 0.25) is 0 Å². The third kappa shape index (κ3) is 7.46. The van der Waals surface area contributed by atoms with Crippen LogP contribution in [0.5, 0.6) is 5.75 Å². The fourth-order valence-corrected chi connectivity index (χ4v) is 1.91. The third-order valence-corrected chi connectivity index (χ3v) is 3.06. The number of hydrogen-bond donors (Lipinski definition) is 1. The standard InChI is InChI=1S/C17H29NO3/c1-17(2,3)18-12-14-7-8-16(20-5)15(11-14)13-21-10-6-9-19-4/h7-8,11,18H,6,9-10,12-13H2,1-5H3. The Hall–Kier alpha value is -1.10. The van der Waals surface area contributed by atoms with Crippen molar-refractivity contribution in [1.29, 1.82) is 0 Å². The van der Waals surface area contributed by atoms with Crippen LogP contribution in [0.3, 0.4) is 0 Å². The van der Waals surface area contributed by atoms with E-state index in [2.05, 4.69) is 38.2 Å². The van der Waals surface area contributed by atoms with Gasteiger partial charge in [0.15, 0.2) is 0 Å². The zero-order valence-corrected chi connectivity index (χ0v) is 14.0. The maximum Gasteiger partial charge on any atom is 0.124 e. The summed E-state index contributed by atoms with van der Waals surface area (Å²) in [5, 5.41) is 3.49. The summed E-state index contributed by atoms with van der Waals surface area (Å²) in [6.45, 7) is 9.32. The van der Waals surface area contributed by atoms with Crippen molar-refractivity contribution < 1.29 is 14.2 Å². The van der Waals surface area contributed by atoms with Gasteiger partial charge in [-0.2, -0.15) is 0 Å². The molecule has 0 radical (unpaired) electrons. The summed E-state index contributed by atoms with van der Waals surface area (Å²) >= 11 is 0. The lowest BCUT2D eigenvalue weighted by Gasteiger charge is -2.21. The summed E-state index contributed by atoms with van der Waals surface area (Å²) in [4.78, 5) is 0. The van der Waals surface area contributed by atoms with Crippen LogP contribution in [0, 0.1) is 0 Å². The predicted molar refractivity (Wildman–Crippen MR) is 85.7 cm³/mol. The van der Waals surface area contributed by atoms with Crippen molar-refractivity contribution in [3.8, 4) is 5.75 Å². The molecular formula is C17H29NO3. The molecule has 0 aliphatic carbocycles. The molecule has 120 valence electrons. The molecule has 1 aromatic carbocycles. The van der Waals surface area contributed by atoms with Gasteiger partial charge in [0, 0.05) is 38.0 Å². The maximum absolute atomic E-state index is 5.68. The van der Waals surface area contributed by atoms with Crippen molar-refractivity contribution in [2.24, 2.45) is 0 Å². The van der Waals surface area contributed by atoms with Gasteiger partial charge in [-0.15, -0.1) is 0 Å². The number of benzene rings is 1. The van der Waals surface area contributed by atoms with Crippen LogP contribution in [0.1, 0.15) is 38.3 Å². The van der Waals surface area contributed by atoms with Gasteiger partial charge in [-0.3, -0.25) is 0 Å². The van der Waals surface area contributed by atoms with Crippen LogP contribution in [0.4, 0.5) is 0 Å². The Morgan fingerprint density at radius 1 is 1.10 bits per heavy atom. The lowest BCUT2D eigenvalue weighted by Crippen LogP contribution is -2.35. The van der Waals surface area contributed by atoms with E-state index in [0.717, 1.165) is 30.9 Å². The van der Waals surface area contributed by atoms with Crippen molar-refractivity contribution in [2.45, 2.75) is 45.9 Å². The van der Waals surface area contributed by atoms with Gasteiger partial charge in [0.1, 0.15) is 5.75 Å². The third-order valence-electron chi connectivity index (χ3n) is 3.06. The first kappa shape index (κ1) is 18.0. The Kier molecular flexibility index (Phi) is 7.72. The highest BCUT2D eigenvalue weighted by Crippen LogP contribution is 2.21. The Balaban J connectivity index is 2.58. The molecule has 0 unspecified atom stereocenters. The van der Waals surface area contributed by atoms with Gasteiger partial charge < -0.3 is 19.5 Å².